The Morgan fingerprint density at radius 2 is 1.54 bits per heavy atom. The summed E-state index contributed by atoms with van der Waals surface area (Å²) < 4.78 is 71.6. The molecule has 56 heavy (non-hydrogen) atoms. The van der Waals surface area contributed by atoms with Gasteiger partial charge < -0.3 is 20.1 Å². The molecule has 1 saturated carbocycles. The zero-order valence-electron chi connectivity index (χ0n) is 30.6. The van der Waals surface area contributed by atoms with Gasteiger partial charge in [0.05, 0.1) is 40.4 Å². The number of amides is 2. The van der Waals surface area contributed by atoms with Crippen molar-refractivity contribution in [2.75, 3.05) is 11.8 Å². The van der Waals surface area contributed by atoms with Crippen LogP contribution in [0.3, 0.4) is 0 Å². The average molecular weight is 790 g/mol. The van der Waals surface area contributed by atoms with Crippen molar-refractivity contribution in [2.45, 2.75) is 56.2 Å². The highest BCUT2D eigenvalue weighted by atomic mass is 32.2. The molecule has 0 aliphatic heterocycles. The van der Waals surface area contributed by atoms with E-state index in [4.69, 9.17) is 9.47 Å². The van der Waals surface area contributed by atoms with E-state index in [0.717, 1.165) is 17.4 Å². The number of anilines is 1. The van der Waals surface area contributed by atoms with Crippen LogP contribution in [0.1, 0.15) is 53.0 Å². The summed E-state index contributed by atoms with van der Waals surface area (Å²) >= 11 is 0. The molecule has 0 spiro atoms. The third-order valence-corrected chi connectivity index (χ3v) is 10.3. The molecule has 0 radical (unpaired) electrons. The molecule has 1 aliphatic carbocycles. The second-order valence-corrected chi connectivity index (χ2v) is 15.1. The fraction of sp³-hybridized carbons (Fsp3) is 0.256. The normalized spacial score (nSPS) is 13.3. The number of methoxy groups -OCH3 is 1. The number of esters is 1. The van der Waals surface area contributed by atoms with Crippen LogP contribution in [-0.2, 0) is 33.0 Å². The van der Waals surface area contributed by atoms with Gasteiger partial charge in [0.25, 0.3) is 27.4 Å². The minimum atomic E-state index is -4.37. The molecule has 1 fully saturated rings. The summed E-state index contributed by atoms with van der Waals surface area (Å²) in [6.45, 7) is 3.14. The number of benzene rings is 4. The molecule has 4 aromatic carbocycles. The fourth-order valence-electron chi connectivity index (χ4n) is 5.89. The maximum atomic E-state index is 15.4. The van der Waals surface area contributed by atoms with Gasteiger partial charge in [-0.2, -0.15) is 0 Å². The van der Waals surface area contributed by atoms with Crippen molar-refractivity contribution in [3.8, 4) is 11.4 Å². The number of nitrogens with zero attached hydrogens (tertiary/aromatic N) is 2. The monoisotopic (exact) mass is 789 g/mol. The van der Waals surface area contributed by atoms with Crippen LogP contribution in [0.2, 0.25) is 0 Å². The van der Waals surface area contributed by atoms with Crippen LogP contribution < -0.4 is 31.3 Å². The molecule has 1 atom stereocenters. The van der Waals surface area contributed by atoms with Crippen LogP contribution in [0.5, 0.6) is 5.75 Å². The molecular formula is C39H37F2N5O9S. The van der Waals surface area contributed by atoms with Crippen molar-refractivity contribution < 1.29 is 41.1 Å². The van der Waals surface area contributed by atoms with Gasteiger partial charge in [-0.25, -0.2) is 31.4 Å². The number of rotatable bonds is 13. The molecule has 1 aromatic heterocycles. The first kappa shape index (κ1) is 39.3. The summed E-state index contributed by atoms with van der Waals surface area (Å²) in [6, 6.07) is 15.5. The number of carbonyl (C=O) groups excluding carboxylic acids is 3. The second kappa shape index (κ2) is 15.8. The molecule has 0 bridgehead atoms. The number of hydrogen-bond acceptors (Lipinski definition) is 9. The summed E-state index contributed by atoms with van der Waals surface area (Å²) in [5, 5.41) is 5.33. The lowest BCUT2D eigenvalue weighted by Crippen LogP contribution is -2.44. The molecule has 0 unspecified atom stereocenters. The maximum absolute atomic E-state index is 15.4. The van der Waals surface area contributed by atoms with Crippen molar-refractivity contribution in [3.05, 3.63) is 128 Å². The Morgan fingerprint density at radius 1 is 0.893 bits per heavy atom. The number of ether oxygens (including phenoxy) is 2. The van der Waals surface area contributed by atoms with E-state index in [2.05, 4.69) is 15.4 Å². The van der Waals surface area contributed by atoms with Crippen LogP contribution >= 0.6 is 0 Å². The third kappa shape index (κ3) is 8.47. The average Bonchev–Trinajstić information content (AvgIpc) is 3.97. The number of nitrogens with one attached hydrogen (secondary N) is 3. The Balaban J connectivity index is 1.20. The number of halogens is 2. The van der Waals surface area contributed by atoms with Crippen molar-refractivity contribution in [2.24, 2.45) is 7.05 Å². The number of sulfonamides is 1. The second-order valence-electron chi connectivity index (χ2n) is 13.4. The van der Waals surface area contributed by atoms with Gasteiger partial charge in [-0.15, -0.1) is 0 Å². The summed E-state index contributed by atoms with van der Waals surface area (Å²) in [5.74, 6) is -5.01. The van der Waals surface area contributed by atoms with Gasteiger partial charge in [0.15, 0.2) is 0 Å². The Kier molecular flexibility index (Phi) is 11.1. The molecule has 2 amide bonds. The van der Waals surface area contributed by atoms with Gasteiger partial charge in [-0.3, -0.25) is 23.7 Å². The summed E-state index contributed by atoms with van der Waals surface area (Å²) in [5.41, 5.74) is -1.54. The van der Waals surface area contributed by atoms with Crippen LogP contribution in [-0.4, -0.2) is 60.6 Å². The molecule has 3 N–H and O–H groups in total. The molecule has 5 aromatic rings. The molecule has 14 nitrogen and oxygen atoms in total. The molecule has 17 heteroatoms. The lowest BCUT2D eigenvalue weighted by Gasteiger charge is -2.20. The molecular weight excluding hydrogens is 753 g/mol. The topological polar surface area (TPSA) is 184 Å². The molecule has 6 rings (SSSR count). The largest absolute Gasteiger partial charge is 0.497 e. The standard InChI is InChI=1S/C39H37F2N5O9S/c1-21(2)55-38(50)32(17-22-5-11-26(12-6-22)46-37(49)29-20-27(54-4)13-16-33(29)45(3)39(46)51)43-36(48)34-30(40)18-25(19-31(34)41)44-56(52,53)28-14-7-23(8-15-28)35(47)42-24-9-10-24/h5-8,11-16,18-21,24,32,44H,9-10,17H2,1-4H3,(H,42,47)(H,43,48)/t32-/m0/s1. The minimum Gasteiger partial charge on any atom is -0.497 e. The van der Waals surface area contributed by atoms with Gasteiger partial charge in [0.1, 0.15) is 29.0 Å². The summed E-state index contributed by atoms with van der Waals surface area (Å²) in [6.07, 6.45) is 0.907. The zero-order valence-corrected chi connectivity index (χ0v) is 31.4. The number of hydrogen-bond donors (Lipinski definition) is 3. The molecule has 0 saturated heterocycles. The Hall–Kier alpha value is -6.36. The third-order valence-electron chi connectivity index (χ3n) is 8.91. The van der Waals surface area contributed by atoms with Crippen molar-refractivity contribution in [3.63, 3.8) is 0 Å². The smallest absolute Gasteiger partial charge is 0.335 e. The SMILES string of the molecule is COc1ccc2c(c1)c(=O)n(-c1ccc(C[C@H](NC(=O)c3c(F)cc(NS(=O)(=O)c4ccc(C(=O)NC5CC5)cc4)cc3F)C(=O)OC(C)C)cc1)c(=O)n2C. The number of aromatic nitrogens is 2. The van der Waals surface area contributed by atoms with Gasteiger partial charge >= 0.3 is 11.7 Å². The molecule has 1 heterocycles. The van der Waals surface area contributed by atoms with Crippen molar-refractivity contribution >= 4 is 44.4 Å². The van der Waals surface area contributed by atoms with E-state index in [-0.39, 0.29) is 39.9 Å². The Bertz CT molecular complexity index is 2560. The Labute approximate surface area is 319 Å². The maximum Gasteiger partial charge on any atom is 0.335 e. The van der Waals surface area contributed by atoms with Crippen LogP contribution in [0.15, 0.2) is 93.3 Å². The minimum absolute atomic E-state index is 0.0984. The predicted molar refractivity (Wildman–Crippen MR) is 202 cm³/mol. The lowest BCUT2D eigenvalue weighted by molar-refractivity contribution is -0.149. The highest BCUT2D eigenvalue weighted by Gasteiger charge is 2.29. The number of aryl methyl sites for hydroxylation is 1. The molecule has 292 valence electrons. The fourth-order valence-corrected chi connectivity index (χ4v) is 6.93. The zero-order chi connectivity index (χ0) is 40.5. The highest BCUT2D eigenvalue weighted by Crippen LogP contribution is 2.24. The van der Waals surface area contributed by atoms with E-state index >= 15 is 8.78 Å². The van der Waals surface area contributed by atoms with Gasteiger partial charge in [0.2, 0.25) is 0 Å². The first-order valence-corrected chi connectivity index (χ1v) is 18.9. The van der Waals surface area contributed by atoms with Gasteiger partial charge in [-0.05, 0) is 99.0 Å². The van der Waals surface area contributed by atoms with E-state index in [1.54, 1.807) is 26.0 Å². The van der Waals surface area contributed by atoms with Crippen molar-refractivity contribution in [1.82, 2.24) is 19.8 Å². The lowest BCUT2D eigenvalue weighted by atomic mass is 10.0. The van der Waals surface area contributed by atoms with Crippen LogP contribution in [0, 0.1) is 11.6 Å². The van der Waals surface area contributed by atoms with E-state index in [1.807, 2.05) is 0 Å². The first-order valence-electron chi connectivity index (χ1n) is 17.4. The highest BCUT2D eigenvalue weighted by molar-refractivity contribution is 7.92. The van der Waals surface area contributed by atoms with Gasteiger partial charge in [-0.1, -0.05) is 12.1 Å². The number of fused-ring (bicyclic) bond motifs is 1. The first-order chi connectivity index (χ1) is 26.6. The number of carbonyl (C=O) groups is 3. The van der Waals surface area contributed by atoms with E-state index in [0.29, 0.717) is 29.0 Å². The van der Waals surface area contributed by atoms with Crippen molar-refractivity contribution in [1.29, 1.82) is 0 Å². The van der Waals surface area contributed by atoms with Gasteiger partial charge in [0, 0.05) is 25.1 Å². The summed E-state index contributed by atoms with van der Waals surface area (Å²) in [4.78, 5) is 65.0. The van der Waals surface area contributed by atoms with Crippen LogP contribution in [0.25, 0.3) is 16.6 Å². The summed E-state index contributed by atoms with van der Waals surface area (Å²) in [7, 11) is -1.40. The quantitative estimate of drug-likeness (QED) is 0.149. The molecule has 1 aliphatic rings. The van der Waals surface area contributed by atoms with E-state index < -0.39 is 68.2 Å². The van der Waals surface area contributed by atoms with Crippen LogP contribution in [0.4, 0.5) is 14.5 Å². The van der Waals surface area contributed by atoms with E-state index in [1.165, 1.54) is 73.3 Å². The predicted octanol–water partition coefficient (Wildman–Crippen LogP) is 3.96. The Morgan fingerprint density at radius 3 is 2.12 bits per heavy atom. The van der Waals surface area contributed by atoms with E-state index in [9.17, 15) is 32.4 Å².